The van der Waals surface area contributed by atoms with E-state index in [1.807, 2.05) is 0 Å². The highest BCUT2D eigenvalue weighted by Crippen LogP contribution is 2.18. The second-order valence-electron chi connectivity index (χ2n) is 4.39. The molecule has 8 heteroatoms. The van der Waals surface area contributed by atoms with E-state index in [1.165, 1.54) is 18.9 Å². The maximum atomic E-state index is 12.2. The Morgan fingerprint density at radius 3 is 2.63 bits per heavy atom. The Balaban J connectivity index is 2.93. The van der Waals surface area contributed by atoms with Gasteiger partial charge in [-0.05, 0) is 13.8 Å². The zero-order chi connectivity index (χ0) is 14.8. The number of aromatic nitrogens is 2. The number of amides is 1. The third-order valence-corrected chi connectivity index (χ3v) is 2.76. The molecule has 0 fully saturated rings. The van der Waals surface area contributed by atoms with E-state index in [0.29, 0.717) is 4.68 Å². The van der Waals surface area contributed by atoms with Crippen LogP contribution < -0.4 is 0 Å². The first-order valence-corrected chi connectivity index (χ1v) is 5.64. The largest absolute Gasteiger partial charge is 0.408 e. The van der Waals surface area contributed by atoms with Gasteiger partial charge in [0.05, 0.1) is 23.9 Å². The molecule has 0 saturated carbocycles. The summed E-state index contributed by atoms with van der Waals surface area (Å²) in [6.07, 6.45) is -3.31. The summed E-state index contributed by atoms with van der Waals surface area (Å²) in [5.41, 5.74) is 0.332. The number of halogens is 3. The van der Waals surface area contributed by atoms with Gasteiger partial charge in [0.1, 0.15) is 6.54 Å². The maximum Gasteiger partial charge on any atom is 0.408 e. The smallest absolute Gasteiger partial charge is 0.394 e. The van der Waals surface area contributed by atoms with Crippen LogP contribution in [0.5, 0.6) is 0 Å². The summed E-state index contributed by atoms with van der Waals surface area (Å²) in [4.78, 5) is 13.3. The Bertz CT molecular complexity index is 457. The molecule has 0 aromatic carbocycles. The van der Waals surface area contributed by atoms with Crippen molar-refractivity contribution in [2.24, 2.45) is 0 Å². The molecule has 1 atom stereocenters. The monoisotopic (exact) mass is 279 g/mol. The maximum absolute atomic E-state index is 12.2. The van der Waals surface area contributed by atoms with Gasteiger partial charge in [0, 0.05) is 13.2 Å². The molecular weight excluding hydrogens is 263 g/mol. The number of aryl methyl sites for hydroxylation is 1. The van der Waals surface area contributed by atoms with Crippen molar-refractivity contribution in [3.63, 3.8) is 0 Å². The van der Waals surface area contributed by atoms with Gasteiger partial charge in [-0.3, -0.25) is 9.48 Å². The fourth-order valence-electron chi connectivity index (χ4n) is 1.51. The van der Waals surface area contributed by atoms with E-state index in [0.717, 1.165) is 6.20 Å². The molecule has 19 heavy (non-hydrogen) atoms. The summed E-state index contributed by atoms with van der Waals surface area (Å²) in [7, 11) is 1.48. The van der Waals surface area contributed by atoms with E-state index in [-0.39, 0.29) is 17.9 Å². The molecular formula is C11H16F3N3O2. The molecule has 1 rings (SSSR count). The first-order chi connectivity index (χ1) is 8.65. The molecule has 0 spiro atoms. The molecule has 0 radical (unpaired) electrons. The van der Waals surface area contributed by atoms with Crippen molar-refractivity contribution < 1.29 is 23.1 Å². The van der Waals surface area contributed by atoms with Crippen molar-refractivity contribution in [1.29, 1.82) is 0 Å². The number of carbonyl (C=O) groups excluding carboxylic acids is 1. The summed E-state index contributed by atoms with van der Waals surface area (Å²) in [6, 6.07) is -0.419. The molecule has 108 valence electrons. The molecule has 0 unspecified atom stereocenters. The average Bonchev–Trinajstić information content (AvgIpc) is 2.64. The van der Waals surface area contributed by atoms with Gasteiger partial charge in [-0.25, -0.2) is 0 Å². The highest BCUT2D eigenvalue weighted by atomic mass is 19.4. The minimum Gasteiger partial charge on any atom is -0.394 e. The van der Waals surface area contributed by atoms with Crippen molar-refractivity contribution in [1.82, 2.24) is 14.7 Å². The normalized spacial score (nSPS) is 13.4. The summed E-state index contributed by atoms with van der Waals surface area (Å²) in [5.74, 6) is -0.465. The van der Waals surface area contributed by atoms with E-state index in [4.69, 9.17) is 5.11 Å². The number of rotatable bonds is 4. The fraction of sp³-hybridized carbons (Fsp3) is 0.636. The Labute approximate surface area is 108 Å². The third kappa shape index (κ3) is 3.95. The molecule has 1 aromatic heterocycles. The highest BCUT2D eigenvalue weighted by molar-refractivity contribution is 5.95. The molecule has 0 aliphatic heterocycles. The first-order valence-electron chi connectivity index (χ1n) is 5.64. The van der Waals surface area contributed by atoms with Gasteiger partial charge in [0.2, 0.25) is 0 Å². The predicted molar refractivity (Wildman–Crippen MR) is 61.7 cm³/mol. The second kappa shape index (κ2) is 5.60. The lowest BCUT2D eigenvalue weighted by atomic mass is 10.2. The average molecular weight is 279 g/mol. The van der Waals surface area contributed by atoms with Crippen LogP contribution in [0.3, 0.4) is 0 Å². The lowest BCUT2D eigenvalue weighted by Crippen LogP contribution is -2.37. The number of aliphatic hydroxyl groups is 1. The molecule has 0 saturated heterocycles. The summed E-state index contributed by atoms with van der Waals surface area (Å²) in [5, 5.41) is 12.6. The molecule has 0 bridgehead atoms. The van der Waals surface area contributed by atoms with Gasteiger partial charge in [0.15, 0.2) is 0 Å². The minimum absolute atomic E-state index is 0.104. The number of hydrogen-bond acceptors (Lipinski definition) is 3. The van der Waals surface area contributed by atoms with Gasteiger partial charge in [0.25, 0.3) is 5.91 Å². The summed E-state index contributed by atoms with van der Waals surface area (Å²) >= 11 is 0. The van der Waals surface area contributed by atoms with Crippen molar-refractivity contribution in [3.8, 4) is 0 Å². The zero-order valence-corrected chi connectivity index (χ0v) is 10.9. The van der Waals surface area contributed by atoms with E-state index in [9.17, 15) is 18.0 Å². The Kier molecular flexibility index (Phi) is 4.56. The van der Waals surface area contributed by atoms with E-state index < -0.39 is 24.7 Å². The number of aliphatic hydroxyl groups excluding tert-OH is 1. The van der Waals surface area contributed by atoms with E-state index >= 15 is 0 Å². The van der Waals surface area contributed by atoms with E-state index in [1.54, 1.807) is 6.92 Å². The molecule has 0 aliphatic rings. The topological polar surface area (TPSA) is 58.4 Å². The van der Waals surface area contributed by atoms with Gasteiger partial charge in [-0.1, -0.05) is 0 Å². The van der Waals surface area contributed by atoms with Crippen LogP contribution in [-0.4, -0.2) is 51.6 Å². The van der Waals surface area contributed by atoms with Crippen molar-refractivity contribution in [3.05, 3.63) is 17.5 Å². The van der Waals surface area contributed by atoms with Crippen LogP contribution in [0.2, 0.25) is 0 Å². The van der Waals surface area contributed by atoms with Crippen LogP contribution in [0.4, 0.5) is 13.2 Å². The van der Waals surface area contributed by atoms with Crippen molar-refractivity contribution in [2.75, 3.05) is 13.7 Å². The minimum atomic E-state index is -4.39. The number of nitrogens with zero attached hydrogens (tertiary/aromatic N) is 3. The SMILES string of the molecule is Cc1nn(CC(F)(F)F)cc1C(=O)N(C)[C@@H](C)CO. The van der Waals surface area contributed by atoms with Crippen molar-refractivity contribution in [2.45, 2.75) is 32.6 Å². The fourth-order valence-corrected chi connectivity index (χ4v) is 1.51. The van der Waals surface area contributed by atoms with E-state index in [2.05, 4.69) is 5.10 Å². The summed E-state index contributed by atoms with van der Waals surface area (Å²) < 4.78 is 37.4. The number of alkyl halides is 3. The lowest BCUT2D eigenvalue weighted by molar-refractivity contribution is -0.142. The summed E-state index contributed by atoms with van der Waals surface area (Å²) in [6.45, 7) is 1.64. The van der Waals surface area contributed by atoms with Gasteiger partial charge in [-0.15, -0.1) is 0 Å². The van der Waals surface area contributed by atoms with Crippen LogP contribution in [-0.2, 0) is 6.54 Å². The van der Waals surface area contributed by atoms with Crippen LogP contribution in [0, 0.1) is 6.92 Å². The number of likely N-dealkylation sites (N-methyl/N-ethyl adjacent to an activating group) is 1. The van der Waals surface area contributed by atoms with Gasteiger partial charge in [-0.2, -0.15) is 18.3 Å². The quantitative estimate of drug-likeness (QED) is 0.901. The molecule has 5 nitrogen and oxygen atoms in total. The molecule has 1 heterocycles. The molecule has 1 amide bonds. The zero-order valence-electron chi connectivity index (χ0n) is 10.9. The van der Waals surface area contributed by atoms with Gasteiger partial charge >= 0.3 is 6.18 Å². The Hall–Kier alpha value is -1.57. The molecule has 1 N–H and O–H groups in total. The Morgan fingerprint density at radius 2 is 2.16 bits per heavy atom. The van der Waals surface area contributed by atoms with Crippen LogP contribution >= 0.6 is 0 Å². The van der Waals surface area contributed by atoms with Crippen LogP contribution in [0.1, 0.15) is 23.0 Å². The molecule has 1 aromatic rings. The predicted octanol–water partition coefficient (Wildman–Crippen LogP) is 1.21. The second-order valence-corrected chi connectivity index (χ2v) is 4.39. The van der Waals surface area contributed by atoms with Crippen LogP contribution in [0.15, 0.2) is 6.20 Å². The number of hydrogen-bond donors (Lipinski definition) is 1. The standard InChI is InChI=1S/C11H16F3N3O2/c1-7(5-18)16(3)10(19)9-4-17(15-8(9)2)6-11(12,13)14/h4,7,18H,5-6H2,1-3H3/t7-/m0/s1. The third-order valence-electron chi connectivity index (χ3n) is 2.76. The highest BCUT2D eigenvalue weighted by Gasteiger charge is 2.30. The van der Waals surface area contributed by atoms with Gasteiger partial charge < -0.3 is 10.0 Å². The lowest BCUT2D eigenvalue weighted by Gasteiger charge is -2.22. The van der Waals surface area contributed by atoms with Crippen LogP contribution in [0.25, 0.3) is 0 Å². The Morgan fingerprint density at radius 1 is 1.58 bits per heavy atom. The first kappa shape index (κ1) is 15.5. The van der Waals surface area contributed by atoms with Crippen molar-refractivity contribution >= 4 is 5.91 Å². The molecule has 0 aliphatic carbocycles. The number of carbonyl (C=O) groups is 1.